The molecule has 5 nitrogen and oxygen atoms in total. The summed E-state index contributed by atoms with van der Waals surface area (Å²) in [5.74, 6) is -0.879. The summed E-state index contributed by atoms with van der Waals surface area (Å²) in [5, 5.41) is 8.05. The highest BCUT2D eigenvalue weighted by molar-refractivity contribution is 6.06. The first-order valence-electron chi connectivity index (χ1n) is 8.28. The number of halogens is 1. The molecule has 2 aromatic carbocycles. The number of hydrogen-bond donors (Lipinski definition) is 3. The molecule has 0 radical (unpaired) electrons. The molecule has 6 heteroatoms. The Morgan fingerprint density at radius 2 is 1.81 bits per heavy atom. The number of carbonyl (C=O) groups is 2. The van der Waals surface area contributed by atoms with E-state index in [4.69, 9.17) is 0 Å². The Bertz CT molecular complexity index is 921. The Kier molecular flexibility index (Phi) is 4.75. The minimum absolute atomic E-state index is 0.243. The van der Waals surface area contributed by atoms with E-state index >= 15 is 0 Å². The first-order chi connectivity index (χ1) is 12.4. The summed E-state index contributed by atoms with van der Waals surface area (Å²) in [6, 6.07) is 10.4. The molecule has 134 valence electrons. The van der Waals surface area contributed by atoms with Crippen molar-refractivity contribution in [3.8, 4) is 0 Å². The fourth-order valence-electron chi connectivity index (χ4n) is 2.95. The predicted molar refractivity (Wildman–Crippen MR) is 98.1 cm³/mol. The Morgan fingerprint density at radius 3 is 2.50 bits per heavy atom. The van der Waals surface area contributed by atoms with E-state index in [1.807, 2.05) is 32.0 Å². The number of rotatable bonds is 3. The van der Waals surface area contributed by atoms with E-state index < -0.39 is 23.8 Å². The summed E-state index contributed by atoms with van der Waals surface area (Å²) in [6.45, 7) is 5.57. The van der Waals surface area contributed by atoms with Gasteiger partial charge in [0, 0.05) is 16.9 Å². The molecule has 26 heavy (non-hydrogen) atoms. The third-order valence-corrected chi connectivity index (χ3v) is 4.49. The highest BCUT2D eigenvalue weighted by Gasteiger charge is 2.32. The quantitative estimate of drug-likeness (QED) is 0.787. The van der Waals surface area contributed by atoms with Gasteiger partial charge in [0.1, 0.15) is 5.82 Å². The minimum atomic E-state index is -0.864. The van der Waals surface area contributed by atoms with Crippen molar-refractivity contribution in [2.24, 2.45) is 0 Å². The van der Waals surface area contributed by atoms with Crippen molar-refractivity contribution in [1.29, 1.82) is 0 Å². The van der Waals surface area contributed by atoms with Crippen LogP contribution >= 0.6 is 0 Å². The first kappa shape index (κ1) is 17.7. The first-order valence-corrected chi connectivity index (χ1v) is 8.28. The van der Waals surface area contributed by atoms with Crippen LogP contribution in [-0.4, -0.2) is 11.9 Å². The molecule has 3 amide bonds. The van der Waals surface area contributed by atoms with Crippen molar-refractivity contribution in [2.45, 2.75) is 26.8 Å². The van der Waals surface area contributed by atoms with Crippen LogP contribution in [0.2, 0.25) is 0 Å². The number of benzene rings is 2. The molecule has 1 unspecified atom stereocenters. The molecular formula is C20H20FN3O2. The standard InChI is InChI=1S/C20H20FN3O2/c1-11-8-9-14(10-12(11)2)23-19(25)17-13(3)22-20(26)24-18(17)15-6-4-5-7-16(15)21/h4-10,18H,1-3H3,(H,23,25)(H2,22,24,26). The normalized spacial score (nSPS) is 16.8. The fraction of sp³-hybridized carbons (Fsp3) is 0.200. The lowest BCUT2D eigenvalue weighted by Gasteiger charge is -2.29. The summed E-state index contributed by atoms with van der Waals surface area (Å²) in [6.07, 6.45) is 0. The van der Waals surface area contributed by atoms with E-state index in [1.165, 1.54) is 6.07 Å². The van der Waals surface area contributed by atoms with Crippen LogP contribution in [0.1, 0.15) is 29.7 Å². The zero-order valence-corrected chi connectivity index (χ0v) is 14.8. The van der Waals surface area contributed by atoms with E-state index in [9.17, 15) is 14.0 Å². The molecule has 3 N–H and O–H groups in total. The molecule has 0 aromatic heterocycles. The average Bonchev–Trinajstić information content (AvgIpc) is 2.57. The lowest BCUT2D eigenvalue weighted by Crippen LogP contribution is -2.46. The summed E-state index contributed by atoms with van der Waals surface area (Å²) in [5.41, 5.74) is 3.72. The minimum Gasteiger partial charge on any atom is -0.327 e. The topological polar surface area (TPSA) is 70.2 Å². The maximum absolute atomic E-state index is 14.3. The van der Waals surface area contributed by atoms with Gasteiger partial charge in [0.05, 0.1) is 11.6 Å². The fourth-order valence-corrected chi connectivity index (χ4v) is 2.95. The van der Waals surface area contributed by atoms with Crippen molar-refractivity contribution >= 4 is 17.6 Å². The maximum atomic E-state index is 14.3. The Labute approximate surface area is 151 Å². The molecule has 1 heterocycles. The molecule has 0 saturated carbocycles. The number of hydrogen-bond acceptors (Lipinski definition) is 2. The second-order valence-corrected chi connectivity index (χ2v) is 6.34. The number of aryl methyl sites for hydroxylation is 2. The van der Waals surface area contributed by atoms with Gasteiger partial charge in [0.15, 0.2) is 0 Å². The Balaban J connectivity index is 1.97. The third-order valence-electron chi connectivity index (χ3n) is 4.49. The zero-order valence-electron chi connectivity index (χ0n) is 14.8. The van der Waals surface area contributed by atoms with E-state index in [0.717, 1.165) is 11.1 Å². The van der Waals surface area contributed by atoms with Crippen LogP contribution in [0.15, 0.2) is 53.7 Å². The molecule has 0 fully saturated rings. The molecule has 0 spiro atoms. The molecule has 0 aliphatic carbocycles. The van der Waals surface area contributed by atoms with Crippen LogP contribution < -0.4 is 16.0 Å². The van der Waals surface area contributed by atoms with Crippen molar-refractivity contribution < 1.29 is 14.0 Å². The van der Waals surface area contributed by atoms with E-state index in [2.05, 4.69) is 16.0 Å². The largest absolute Gasteiger partial charge is 0.327 e. The van der Waals surface area contributed by atoms with Gasteiger partial charge in [0.25, 0.3) is 5.91 Å². The van der Waals surface area contributed by atoms with Crippen molar-refractivity contribution in [3.63, 3.8) is 0 Å². The van der Waals surface area contributed by atoms with Crippen LogP contribution in [0, 0.1) is 19.7 Å². The number of allylic oxidation sites excluding steroid dienone is 1. The third kappa shape index (κ3) is 3.44. The highest BCUT2D eigenvalue weighted by atomic mass is 19.1. The van der Waals surface area contributed by atoms with Gasteiger partial charge in [-0.1, -0.05) is 24.3 Å². The lowest BCUT2D eigenvalue weighted by atomic mass is 9.94. The van der Waals surface area contributed by atoms with Crippen LogP contribution in [0.4, 0.5) is 14.9 Å². The molecule has 1 aliphatic rings. The average molecular weight is 353 g/mol. The zero-order chi connectivity index (χ0) is 18.8. The summed E-state index contributed by atoms with van der Waals surface area (Å²) >= 11 is 0. The van der Waals surface area contributed by atoms with E-state index in [0.29, 0.717) is 11.4 Å². The van der Waals surface area contributed by atoms with Crippen molar-refractivity contribution in [1.82, 2.24) is 10.6 Å². The van der Waals surface area contributed by atoms with Crippen molar-refractivity contribution in [2.75, 3.05) is 5.32 Å². The Hall–Kier alpha value is -3.15. The maximum Gasteiger partial charge on any atom is 0.319 e. The second kappa shape index (κ2) is 7.00. The van der Waals surface area contributed by atoms with Gasteiger partial charge in [-0.15, -0.1) is 0 Å². The SMILES string of the molecule is CC1=C(C(=O)Nc2ccc(C)c(C)c2)C(c2ccccc2F)NC(=O)N1. The van der Waals surface area contributed by atoms with Gasteiger partial charge in [-0.2, -0.15) is 0 Å². The molecule has 2 aromatic rings. The predicted octanol–water partition coefficient (Wildman–Crippen LogP) is 3.71. The number of amides is 3. The number of nitrogens with one attached hydrogen (secondary N) is 3. The second-order valence-electron chi connectivity index (χ2n) is 6.34. The summed E-state index contributed by atoms with van der Waals surface area (Å²) < 4.78 is 14.3. The van der Waals surface area contributed by atoms with Crippen LogP contribution in [0.25, 0.3) is 0 Å². The molecule has 1 atom stereocenters. The van der Waals surface area contributed by atoms with Gasteiger partial charge < -0.3 is 16.0 Å². The summed E-state index contributed by atoms with van der Waals surface area (Å²) in [4.78, 5) is 24.8. The molecule has 0 bridgehead atoms. The molecular weight excluding hydrogens is 333 g/mol. The van der Waals surface area contributed by atoms with Gasteiger partial charge in [-0.05, 0) is 50.1 Å². The van der Waals surface area contributed by atoms with Crippen molar-refractivity contribution in [3.05, 3.63) is 76.2 Å². The van der Waals surface area contributed by atoms with E-state index in [1.54, 1.807) is 25.1 Å². The van der Waals surface area contributed by atoms with E-state index in [-0.39, 0.29) is 11.1 Å². The molecule has 0 saturated heterocycles. The lowest BCUT2D eigenvalue weighted by molar-refractivity contribution is -0.113. The number of carbonyl (C=O) groups excluding carboxylic acids is 2. The van der Waals surface area contributed by atoms with Gasteiger partial charge in [-0.25, -0.2) is 9.18 Å². The van der Waals surface area contributed by atoms with Gasteiger partial charge in [0.2, 0.25) is 0 Å². The smallest absolute Gasteiger partial charge is 0.319 e. The highest BCUT2D eigenvalue weighted by Crippen LogP contribution is 2.29. The van der Waals surface area contributed by atoms with Crippen LogP contribution in [0.5, 0.6) is 0 Å². The van der Waals surface area contributed by atoms with Gasteiger partial charge >= 0.3 is 6.03 Å². The Morgan fingerprint density at radius 1 is 1.08 bits per heavy atom. The van der Waals surface area contributed by atoms with Gasteiger partial charge in [-0.3, -0.25) is 4.79 Å². The number of urea groups is 1. The molecule has 3 rings (SSSR count). The number of anilines is 1. The molecule has 1 aliphatic heterocycles. The monoisotopic (exact) mass is 353 g/mol. The van der Waals surface area contributed by atoms with Crippen LogP contribution in [0.3, 0.4) is 0 Å². The van der Waals surface area contributed by atoms with Crippen LogP contribution in [-0.2, 0) is 4.79 Å². The summed E-state index contributed by atoms with van der Waals surface area (Å²) in [7, 11) is 0.